The summed E-state index contributed by atoms with van der Waals surface area (Å²) in [7, 11) is 0. The van der Waals surface area contributed by atoms with Gasteiger partial charge in [-0.1, -0.05) is 6.92 Å². The first kappa shape index (κ1) is 33.5. The third-order valence-corrected chi connectivity index (χ3v) is 2.18. The SMILES string of the molecule is CCC(C(=O)[O-])C(C(=O)[O-])(C(=O)[O-])C(=O)[O-].[Na+].[Na+].[Na+].[Na+]. The Morgan fingerprint density at radius 1 is 0.800 bits per heavy atom. The minimum atomic E-state index is -3.76. The molecule has 0 aliphatic heterocycles. The normalized spacial score (nSPS) is 10.2. The van der Waals surface area contributed by atoms with E-state index < -0.39 is 41.6 Å². The predicted octanol–water partition coefficient (Wildman–Crippen LogP) is -18.0. The van der Waals surface area contributed by atoms with E-state index in [1.54, 1.807) is 0 Å². The van der Waals surface area contributed by atoms with Crippen LogP contribution in [0.4, 0.5) is 0 Å². The molecule has 0 heterocycles. The minimum Gasteiger partial charge on any atom is -0.550 e. The van der Waals surface area contributed by atoms with Gasteiger partial charge in [-0.25, -0.2) is 0 Å². The molecule has 12 heteroatoms. The number of hydrogen-bond acceptors (Lipinski definition) is 8. The molecule has 0 saturated heterocycles. The molecule has 0 N–H and O–H groups in total. The summed E-state index contributed by atoms with van der Waals surface area (Å²) < 4.78 is 0. The van der Waals surface area contributed by atoms with Gasteiger partial charge in [-0.3, -0.25) is 0 Å². The van der Waals surface area contributed by atoms with Gasteiger partial charge < -0.3 is 39.6 Å². The number of carbonyl (C=O) groups is 4. The van der Waals surface area contributed by atoms with E-state index in [0.717, 1.165) is 6.92 Å². The van der Waals surface area contributed by atoms with E-state index in [4.69, 9.17) is 0 Å². The van der Waals surface area contributed by atoms with Crippen molar-refractivity contribution in [2.45, 2.75) is 13.3 Å². The van der Waals surface area contributed by atoms with Gasteiger partial charge >= 0.3 is 118 Å². The third-order valence-electron chi connectivity index (χ3n) is 2.18. The van der Waals surface area contributed by atoms with Crippen molar-refractivity contribution in [3.8, 4) is 0 Å². The number of hydrogen-bond donors (Lipinski definition) is 0. The van der Waals surface area contributed by atoms with Crippen LogP contribution >= 0.6 is 0 Å². The molecule has 90 valence electrons. The quantitative estimate of drug-likeness (QED) is 0.344. The first-order chi connectivity index (χ1) is 7.22. The topological polar surface area (TPSA) is 161 Å². The van der Waals surface area contributed by atoms with E-state index in [9.17, 15) is 39.6 Å². The second-order valence-electron chi connectivity index (χ2n) is 2.95. The molecule has 0 aliphatic rings. The van der Waals surface area contributed by atoms with Gasteiger partial charge in [0.2, 0.25) is 0 Å². The Balaban J connectivity index is -0.000000187. The maximum atomic E-state index is 10.6. The van der Waals surface area contributed by atoms with Crippen LogP contribution in [0.5, 0.6) is 0 Å². The summed E-state index contributed by atoms with van der Waals surface area (Å²) in [5, 5.41) is 42.2. The van der Waals surface area contributed by atoms with Gasteiger partial charge in [0.25, 0.3) is 0 Å². The summed E-state index contributed by atoms with van der Waals surface area (Å²) in [6, 6.07) is 0. The van der Waals surface area contributed by atoms with Crippen LogP contribution in [0.3, 0.4) is 0 Å². The van der Waals surface area contributed by atoms with Crippen molar-refractivity contribution in [1.82, 2.24) is 0 Å². The second-order valence-corrected chi connectivity index (χ2v) is 2.95. The Morgan fingerprint density at radius 2 is 1.05 bits per heavy atom. The summed E-state index contributed by atoms with van der Waals surface area (Å²) in [4.78, 5) is 42.2. The van der Waals surface area contributed by atoms with Crippen molar-refractivity contribution < 1.29 is 158 Å². The molecule has 0 rings (SSSR count). The number of aliphatic carboxylic acids is 4. The Kier molecular flexibility index (Phi) is 24.2. The van der Waals surface area contributed by atoms with Gasteiger partial charge in [0.15, 0.2) is 0 Å². The van der Waals surface area contributed by atoms with Crippen molar-refractivity contribution in [2.24, 2.45) is 11.3 Å². The van der Waals surface area contributed by atoms with Gasteiger partial charge in [0.05, 0.1) is 23.3 Å². The van der Waals surface area contributed by atoms with E-state index in [-0.39, 0.29) is 118 Å². The number of carboxylic acid groups (broad SMARTS) is 4. The Labute approximate surface area is 203 Å². The zero-order valence-corrected chi connectivity index (χ0v) is 20.1. The fraction of sp³-hybridized carbons (Fsp3) is 0.500. The van der Waals surface area contributed by atoms with Crippen LogP contribution in [0.1, 0.15) is 13.3 Å². The van der Waals surface area contributed by atoms with Crippen molar-refractivity contribution >= 4 is 23.9 Å². The first-order valence-corrected chi connectivity index (χ1v) is 4.08. The molecule has 0 saturated carbocycles. The molecule has 0 fully saturated rings. The predicted molar refractivity (Wildman–Crippen MR) is 36.2 cm³/mol. The van der Waals surface area contributed by atoms with Gasteiger partial charge in [0, 0.05) is 11.9 Å². The summed E-state index contributed by atoms with van der Waals surface area (Å²) in [5.41, 5.74) is -3.76. The summed E-state index contributed by atoms with van der Waals surface area (Å²) in [5.74, 6) is -12.4. The molecule has 0 aliphatic carbocycles. The van der Waals surface area contributed by atoms with E-state index in [1.807, 2.05) is 0 Å². The molecule has 8 nitrogen and oxygen atoms in total. The molecule has 0 bridgehead atoms. The molecule has 0 aromatic carbocycles. The van der Waals surface area contributed by atoms with Crippen LogP contribution in [0, 0.1) is 11.3 Å². The average Bonchev–Trinajstić information content (AvgIpc) is 2.10. The second kappa shape index (κ2) is 14.5. The Morgan fingerprint density at radius 3 is 1.10 bits per heavy atom. The van der Waals surface area contributed by atoms with Crippen molar-refractivity contribution in [3.63, 3.8) is 0 Å². The maximum Gasteiger partial charge on any atom is 1.00 e. The van der Waals surface area contributed by atoms with E-state index >= 15 is 0 Å². The molecule has 0 aromatic heterocycles. The maximum absolute atomic E-state index is 10.6. The molecule has 1 unspecified atom stereocenters. The van der Waals surface area contributed by atoms with E-state index in [0.29, 0.717) is 0 Å². The molecule has 0 amide bonds. The van der Waals surface area contributed by atoms with Crippen molar-refractivity contribution in [3.05, 3.63) is 0 Å². The van der Waals surface area contributed by atoms with Crippen molar-refractivity contribution in [1.29, 1.82) is 0 Å². The van der Waals surface area contributed by atoms with Crippen LogP contribution in [0.25, 0.3) is 0 Å². The van der Waals surface area contributed by atoms with E-state index in [2.05, 4.69) is 0 Å². The van der Waals surface area contributed by atoms with E-state index in [1.165, 1.54) is 0 Å². The van der Waals surface area contributed by atoms with Crippen molar-refractivity contribution in [2.75, 3.05) is 0 Å². The van der Waals surface area contributed by atoms with Crippen LogP contribution in [-0.2, 0) is 19.2 Å². The largest absolute Gasteiger partial charge is 1.00 e. The zero-order chi connectivity index (χ0) is 13.1. The molecule has 0 radical (unpaired) electrons. The Hall–Kier alpha value is 1.88. The molecule has 0 spiro atoms. The van der Waals surface area contributed by atoms with Gasteiger partial charge in [-0.15, -0.1) is 0 Å². The average molecular weight is 322 g/mol. The molecular formula is C8H6Na4O8. The monoisotopic (exact) mass is 322 g/mol. The zero-order valence-electron chi connectivity index (χ0n) is 12.1. The molecular weight excluding hydrogens is 316 g/mol. The first-order valence-electron chi connectivity index (χ1n) is 4.08. The van der Waals surface area contributed by atoms with Gasteiger partial charge in [-0.2, -0.15) is 0 Å². The number of carbonyl (C=O) groups excluding carboxylic acids is 4. The summed E-state index contributed by atoms with van der Waals surface area (Å²) in [6.45, 7) is 1.07. The fourth-order valence-electron chi connectivity index (χ4n) is 1.33. The Bertz CT molecular complexity index is 322. The van der Waals surface area contributed by atoms with Crippen LogP contribution in [0.15, 0.2) is 0 Å². The fourth-order valence-corrected chi connectivity index (χ4v) is 1.33. The number of carboxylic acids is 4. The third kappa shape index (κ3) is 6.97. The van der Waals surface area contributed by atoms with Crippen LogP contribution in [0.2, 0.25) is 0 Å². The standard InChI is InChI=1S/C8H10O8.4Na/c1-2-3(4(9)10)8(5(11)12,6(13)14)7(15)16;;;;/h3H,2H2,1H3,(H,9,10)(H,11,12)(H,13,14)(H,15,16);;;;/q;4*+1/p-4. The minimum absolute atomic E-state index is 0. The van der Waals surface area contributed by atoms with Gasteiger partial charge in [0.1, 0.15) is 0 Å². The van der Waals surface area contributed by atoms with Crippen LogP contribution in [-0.4, -0.2) is 23.9 Å². The van der Waals surface area contributed by atoms with Gasteiger partial charge in [-0.05, 0) is 6.42 Å². The summed E-state index contributed by atoms with van der Waals surface area (Å²) in [6.07, 6.45) is -0.613. The summed E-state index contributed by atoms with van der Waals surface area (Å²) >= 11 is 0. The number of rotatable bonds is 6. The van der Waals surface area contributed by atoms with Crippen LogP contribution < -0.4 is 139 Å². The smallest absolute Gasteiger partial charge is 0.550 e. The molecule has 20 heavy (non-hydrogen) atoms. The molecule has 1 atom stereocenters. The molecule has 0 aromatic rings.